The van der Waals surface area contributed by atoms with Crippen LogP contribution in [0.4, 0.5) is 10.5 Å². The van der Waals surface area contributed by atoms with Gasteiger partial charge in [-0.15, -0.1) is 0 Å². The van der Waals surface area contributed by atoms with Crippen LogP contribution in [0.25, 0.3) is 0 Å². The molecule has 0 bridgehead atoms. The summed E-state index contributed by atoms with van der Waals surface area (Å²) in [5.41, 5.74) is 1.10. The minimum Gasteiger partial charge on any atom is -0.355 e. The van der Waals surface area contributed by atoms with Gasteiger partial charge in [0.15, 0.2) is 0 Å². The molecule has 5 nitrogen and oxygen atoms in total. The van der Waals surface area contributed by atoms with Crippen LogP contribution in [0.1, 0.15) is 31.1 Å². The standard InChI is InChI=1S/C14H21N3O2/c1-9(2)10(3)16-14(19)17-12-7-5-6-11(8-12)13(18)15-4/h5-10H,1-4H3,(H,15,18)(H2,16,17,19). The van der Waals surface area contributed by atoms with Crippen molar-refractivity contribution in [3.8, 4) is 0 Å². The molecule has 0 heterocycles. The number of amides is 3. The van der Waals surface area contributed by atoms with Gasteiger partial charge in [0.05, 0.1) is 0 Å². The van der Waals surface area contributed by atoms with Crippen molar-refractivity contribution in [2.45, 2.75) is 26.8 Å². The molecule has 0 saturated heterocycles. The van der Waals surface area contributed by atoms with Gasteiger partial charge in [0.1, 0.15) is 0 Å². The van der Waals surface area contributed by atoms with E-state index in [4.69, 9.17) is 0 Å². The summed E-state index contributed by atoms with van der Waals surface area (Å²) in [6.45, 7) is 6.03. The van der Waals surface area contributed by atoms with Crippen molar-refractivity contribution >= 4 is 17.6 Å². The SMILES string of the molecule is CNC(=O)c1cccc(NC(=O)NC(C)C(C)C)c1. The summed E-state index contributed by atoms with van der Waals surface area (Å²) >= 11 is 0. The lowest BCUT2D eigenvalue weighted by Gasteiger charge is -2.18. The lowest BCUT2D eigenvalue weighted by Crippen LogP contribution is -2.39. The van der Waals surface area contributed by atoms with E-state index in [1.165, 1.54) is 0 Å². The summed E-state index contributed by atoms with van der Waals surface area (Å²) in [4.78, 5) is 23.2. The monoisotopic (exact) mass is 263 g/mol. The minimum atomic E-state index is -0.268. The second kappa shape index (κ2) is 6.78. The van der Waals surface area contributed by atoms with Crippen molar-refractivity contribution in [1.29, 1.82) is 0 Å². The number of carbonyl (C=O) groups is 2. The molecule has 0 aliphatic rings. The number of hydrogen-bond acceptors (Lipinski definition) is 2. The zero-order valence-electron chi connectivity index (χ0n) is 11.8. The molecule has 19 heavy (non-hydrogen) atoms. The fourth-order valence-electron chi connectivity index (χ4n) is 1.42. The minimum absolute atomic E-state index is 0.0853. The highest BCUT2D eigenvalue weighted by Crippen LogP contribution is 2.10. The van der Waals surface area contributed by atoms with Gasteiger partial charge in [-0.05, 0) is 31.0 Å². The average Bonchev–Trinajstić information content (AvgIpc) is 2.37. The van der Waals surface area contributed by atoms with E-state index < -0.39 is 0 Å². The van der Waals surface area contributed by atoms with Gasteiger partial charge in [-0.2, -0.15) is 0 Å². The Morgan fingerprint density at radius 1 is 1.16 bits per heavy atom. The van der Waals surface area contributed by atoms with Crippen LogP contribution < -0.4 is 16.0 Å². The molecule has 0 aliphatic heterocycles. The van der Waals surface area contributed by atoms with Gasteiger partial charge in [0.2, 0.25) is 0 Å². The van der Waals surface area contributed by atoms with Crippen LogP contribution >= 0.6 is 0 Å². The van der Waals surface area contributed by atoms with Gasteiger partial charge in [-0.3, -0.25) is 4.79 Å². The Balaban J connectivity index is 2.67. The van der Waals surface area contributed by atoms with Crippen molar-refractivity contribution in [2.75, 3.05) is 12.4 Å². The number of hydrogen-bond donors (Lipinski definition) is 3. The highest BCUT2D eigenvalue weighted by Gasteiger charge is 2.11. The highest BCUT2D eigenvalue weighted by molar-refractivity contribution is 5.96. The van der Waals surface area contributed by atoms with E-state index in [9.17, 15) is 9.59 Å². The predicted molar refractivity (Wildman–Crippen MR) is 76.3 cm³/mol. The first-order chi connectivity index (χ1) is 8.93. The fourth-order valence-corrected chi connectivity index (χ4v) is 1.42. The molecule has 104 valence electrons. The summed E-state index contributed by atoms with van der Waals surface area (Å²) in [7, 11) is 1.57. The van der Waals surface area contributed by atoms with Crippen molar-refractivity contribution in [3.63, 3.8) is 0 Å². The normalized spacial score (nSPS) is 11.8. The van der Waals surface area contributed by atoms with Crippen LogP contribution in [0, 0.1) is 5.92 Å². The predicted octanol–water partition coefficient (Wildman–Crippen LogP) is 2.21. The molecule has 0 radical (unpaired) electrons. The fraction of sp³-hybridized carbons (Fsp3) is 0.429. The number of urea groups is 1. The molecular formula is C14H21N3O2. The molecule has 1 aromatic rings. The molecular weight excluding hydrogens is 242 g/mol. The van der Waals surface area contributed by atoms with Crippen molar-refractivity contribution < 1.29 is 9.59 Å². The van der Waals surface area contributed by atoms with E-state index in [0.29, 0.717) is 17.2 Å². The molecule has 0 spiro atoms. The molecule has 1 atom stereocenters. The van der Waals surface area contributed by atoms with E-state index in [-0.39, 0.29) is 18.0 Å². The molecule has 1 rings (SSSR count). The van der Waals surface area contributed by atoms with Crippen molar-refractivity contribution in [3.05, 3.63) is 29.8 Å². The molecule has 0 aromatic heterocycles. The van der Waals surface area contributed by atoms with Gasteiger partial charge >= 0.3 is 6.03 Å². The van der Waals surface area contributed by atoms with Crippen molar-refractivity contribution in [1.82, 2.24) is 10.6 Å². The Bertz CT molecular complexity index is 458. The van der Waals surface area contributed by atoms with E-state index >= 15 is 0 Å². The van der Waals surface area contributed by atoms with Crippen LogP contribution in [0.5, 0.6) is 0 Å². The van der Waals surface area contributed by atoms with Crippen molar-refractivity contribution in [2.24, 2.45) is 5.92 Å². The number of nitrogens with one attached hydrogen (secondary N) is 3. The highest BCUT2D eigenvalue weighted by atomic mass is 16.2. The first kappa shape index (κ1) is 15.0. The van der Waals surface area contributed by atoms with E-state index in [1.807, 2.05) is 20.8 Å². The lowest BCUT2D eigenvalue weighted by molar-refractivity contribution is 0.0963. The molecule has 3 amide bonds. The maximum absolute atomic E-state index is 11.8. The zero-order chi connectivity index (χ0) is 14.4. The Kier molecular flexibility index (Phi) is 5.36. The second-order valence-corrected chi connectivity index (χ2v) is 4.79. The van der Waals surface area contributed by atoms with Crippen LogP contribution in [-0.4, -0.2) is 25.0 Å². The zero-order valence-corrected chi connectivity index (χ0v) is 11.8. The van der Waals surface area contributed by atoms with E-state index in [2.05, 4.69) is 16.0 Å². The maximum Gasteiger partial charge on any atom is 0.319 e. The number of anilines is 1. The summed E-state index contributed by atoms with van der Waals surface area (Å²) in [6, 6.07) is 6.62. The van der Waals surface area contributed by atoms with Crippen LogP contribution in [-0.2, 0) is 0 Å². The maximum atomic E-state index is 11.8. The first-order valence-corrected chi connectivity index (χ1v) is 6.33. The Morgan fingerprint density at radius 3 is 2.42 bits per heavy atom. The third-order valence-corrected chi connectivity index (χ3v) is 2.97. The Morgan fingerprint density at radius 2 is 1.84 bits per heavy atom. The lowest BCUT2D eigenvalue weighted by atomic mass is 10.1. The Labute approximate surface area is 113 Å². The van der Waals surface area contributed by atoms with Gasteiger partial charge in [0.25, 0.3) is 5.91 Å². The van der Waals surface area contributed by atoms with Crippen LogP contribution in [0.3, 0.4) is 0 Å². The molecule has 5 heteroatoms. The number of carbonyl (C=O) groups excluding carboxylic acids is 2. The molecule has 0 fully saturated rings. The van der Waals surface area contributed by atoms with Gasteiger partial charge < -0.3 is 16.0 Å². The van der Waals surface area contributed by atoms with Crippen LogP contribution in [0.2, 0.25) is 0 Å². The molecule has 3 N–H and O–H groups in total. The molecule has 1 unspecified atom stereocenters. The number of benzene rings is 1. The third-order valence-electron chi connectivity index (χ3n) is 2.97. The largest absolute Gasteiger partial charge is 0.355 e. The molecule has 1 aromatic carbocycles. The van der Waals surface area contributed by atoms with Gasteiger partial charge in [-0.1, -0.05) is 19.9 Å². The summed E-state index contributed by atoms with van der Waals surface area (Å²) < 4.78 is 0. The van der Waals surface area contributed by atoms with Gasteiger partial charge in [-0.25, -0.2) is 4.79 Å². The number of rotatable bonds is 4. The van der Waals surface area contributed by atoms with E-state index in [1.54, 1.807) is 31.3 Å². The summed E-state index contributed by atoms with van der Waals surface area (Å²) in [6.07, 6.45) is 0. The quantitative estimate of drug-likeness (QED) is 0.779. The average molecular weight is 263 g/mol. The first-order valence-electron chi connectivity index (χ1n) is 6.33. The summed E-state index contributed by atoms with van der Waals surface area (Å²) in [5, 5.41) is 8.10. The topological polar surface area (TPSA) is 70.2 Å². The Hall–Kier alpha value is -2.04. The molecule has 0 saturated carbocycles. The summed E-state index contributed by atoms with van der Waals surface area (Å²) in [5.74, 6) is 0.183. The third kappa shape index (κ3) is 4.62. The van der Waals surface area contributed by atoms with E-state index in [0.717, 1.165) is 0 Å². The molecule has 0 aliphatic carbocycles. The van der Waals surface area contributed by atoms with Crippen LogP contribution in [0.15, 0.2) is 24.3 Å². The van der Waals surface area contributed by atoms with Gasteiger partial charge in [0, 0.05) is 24.3 Å². The second-order valence-electron chi connectivity index (χ2n) is 4.79. The smallest absolute Gasteiger partial charge is 0.319 e.